The molecule has 0 bridgehead atoms. The summed E-state index contributed by atoms with van der Waals surface area (Å²) in [6, 6.07) is 4.94. The Morgan fingerprint density at radius 1 is 1.04 bits per heavy atom. The number of benzene rings is 1. The molecule has 3 rings (SSSR count). The van der Waals surface area contributed by atoms with E-state index in [1.807, 2.05) is 11.7 Å². The smallest absolute Gasteiger partial charge is 0.352 e. The van der Waals surface area contributed by atoms with Crippen LogP contribution in [0.3, 0.4) is 0 Å². The Kier molecular flexibility index (Phi) is 4.70. The van der Waals surface area contributed by atoms with Crippen LogP contribution in [0.1, 0.15) is 32.3 Å². The van der Waals surface area contributed by atoms with Gasteiger partial charge in [0, 0.05) is 38.6 Å². The van der Waals surface area contributed by atoms with Gasteiger partial charge in [0.2, 0.25) is 0 Å². The molecule has 138 valence electrons. The number of hydrogen-bond donors (Lipinski definition) is 0. The molecule has 1 atom stereocenters. The van der Waals surface area contributed by atoms with Crippen LogP contribution in [0.5, 0.6) is 0 Å². The average molecular weight is 354 g/mol. The second-order valence-corrected chi connectivity index (χ2v) is 7.12. The number of nitrogens with zero attached hydrogens (tertiary/aromatic N) is 4. The number of anilines is 1. The number of rotatable bonds is 3. The molecule has 0 amide bonds. The topological polar surface area (TPSA) is 24.3 Å². The zero-order valence-corrected chi connectivity index (χ0v) is 15.1. The summed E-state index contributed by atoms with van der Waals surface area (Å²) in [5.41, 5.74) is 2.29. The molecule has 1 aliphatic rings. The molecule has 2 aromatic rings. The molecule has 4 nitrogen and oxygen atoms in total. The van der Waals surface area contributed by atoms with E-state index in [0.717, 1.165) is 16.7 Å². The summed E-state index contributed by atoms with van der Waals surface area (Å²) < 4.78 is 40.6. The third-order valence-corrected chi connectivity index (χ3v) is 5.16. The number of fused-ring (bicyclic) bond motifs is 1. The maximum absolute atomic E-state index is 12.9. The number of piperazine rings is 1. The van der Waals surface area contributed by atoms with Crippen molar-refractivity contribution in [2.75, 3.05) is 31.1 Å². The number of alkyl halides is 3. The van der Waals surface area contributed by atoms with Gasteiger partial charge in [-0.3, -0.25) is 9.58 Å². The molecule has 1 aliphatic heterocycles. The van der Waals surface area contributed by atoms with Crippen LogP contribution in [-0.2, 0) is 7.05 Å². The van der Waals surface area contributed by atoms with Gasteiger partial charge in [-0.05, 0) is 30.5 Å². The molecule has 0 saturated carbocycles. The Morgan fingerprint density at radius 3 is 2.24 bits per heavy atom. The molecule has 0 N–H and O–H groups in total. The van der Waals surface area contributed by atoms with Crippen LogP contribution in [0.4, 0.5) is 19.0 Å². The van der Waals surface area contributed by atoms with Crippen LogP contribution in [0.15, 0.2) is 18.2 Å². The van der Waals surface area contributed by atoms with Gasteiger partial charge in [0.05, 0.1) is 5.52 Å². The van der Waals surface area contributed by atoms with E-state index >= 15 is 0 Å². The highest BCUT2D eigenvalue weighted by molar-refractivity contribution is 5.91. The van der Waals surface area contributed by atoms with Crippen LogP contribution in [0.25, 0.3) is 10.9 Å². The molecule has 1 unspecified atom stereocenters. The molecule has 0 spiro atoms. The van der Waals surface area contributed by atoms with Crippen molar-refractivity contribution in [3.63, 3.8) is 0 Å². The van der Waals surface area contributed by atoms with E-state index in [1.54, 1.807) is 0 Å². The van der Waals surface area contributed by atoms with Crippen molar-refractivity contribution in [1.82, 2.24) is 14.7 Å². The van der Waals surface area contributed by atoms with Crippen molar-refractivity contribution in [3.05, 3.63) is 23.8 Å². The van der Waals surface area contributed by atoms with E-state index < -0.39 is 12.2 Å². The predicted molar refractivity (Wildman–Crippen MR) is 94.1 cm³/mol. The number of hydrogen-bond acceptors (Lipinski definition) is 3. The summed E-state index contributed by atoms with van der Waals surface area (Å²) in [6.07, 6.45) is -4.17. The fraction of sp³-hybridized carbons (Fsp3) is 0.611. The second-order valence-electron chi connectivity index (χ2n) is 7.12. The van der Waals surface area contributed by atoms with Crippen molar-refractivity contribution in [1.29, 1.82) is 0 Å². The van der Waals surface area contributed by atoms with Crippen LogP contribution in [0.2, 0.25) is 0 Å². The van der Waals surface area contributed by atoms with Gasteiger partial charge in [-0.25, -0.2) is 0 Å². The van der Waals surface area contributed by atoms with Crippen molar-refractivity contribution in [2.24, 2.45) is 7.05 Å². The zero-order chi connectivity index (χ0) is 18.4. The second kappa shape index (κ2) is 6.52. The lowest BCUT2D eigenvalue weighted by atomic mass is 10.0. The van der Waals surface area contributed by atoms with Gasteiger partial charge in [0.15, 0.2) is 5.82 Å². The largest absolute Gasteiger partial charge is 0.403 e. The third kappa shape index (κ3) is 3.47. The molecule has 0 radical (unpaired) electrons. The van der Waals surface area contributed by atoms with Gasteiger partial charge in [0.25, 0.3) is 0 Å². The Balaban J connectivity index is 1.83. The summed E-state index contributed by atoms with van der Waals surface area (Å²) in [6.45, 7) is 7.42. The molecular formula is C18H25F3N4. The van der Waals surface area contributed by atoms with Gasteiger partial charge in [0.1, 0.15) is 6.04 Å². The van der Waals surface area contributed by atoms with Crippen LogP contribution < -0.4 is 4.90 Å². The first kappa shape index (κ1) is 18.0. The Morgan fingerprint density at radius 2 is 1.68 bits per heavy atom. The SMILES string of the molecule is CC(C)c1ccc2c(c1)c(N1CCN(C(C)C(F)(F)F)CC1)nn2C. The highest BCUT2D eigenvalue weighted by Gasteiger charge is 2.41. The summed E-state index contributed by atoms with van der Waals surface area (Å²) in [5.74, 6) is 1.29. The van der Waals surface area contributed by atoms with E-state index in [1.165, 1.54) is 17.4 Å². The monoisotopic (exact) mass is 354 g/mol. The molecule has 25 heavy (non-hydrogen) atoms. The highest BCUT2D eigenvalue weighted by atomic mass is 19.4. The minimum Gasteiger partial charge on any atom is -0.352 e. The van der Waals surface area contributed by atoms with Gasteiger partial charge >= 0.3 is 6.18 Å². The van der Waals surface area contributed by atoms with Crippen LogP contribution >= 0.6 is 0 Å². The first-order valence-corrected chi connectivity index (χ1v) is 8.71. The number of aryl methyl sites for hydroxylation is 1. The zero-order valence-electron chi connectivity index (χ0n) is 15.1. The highest BCUT2D eigenvalue weighted by Crippen LogP contribution is 2.31. The fourth-order valence-corrected chi connectivity index (χ4v) is 3.39. The first-order valence-electron chi connectivity index (χ1n) is 8.71. The Hall–Kier alpha value is -1.76. The first-order chi connectivity index (χ1) is 11.7. The summed E-state index contributed by atoms with van der Waals surface area (Å²) in [5, 5.41) is 5.71. The molecular weight excluding hydrogens is 329 g/mol. The molecule has 1 saturated heterocycles. The number of aromatic nitrogens is 2. The van der Waals surface area contributed by atoms with Crippen molar-refractivity contribution in [2.45, 2.75) is 38.9 Å². The summed E-state index contributed by atoms with van der Waals surface area (Å²) in [7, 11) is 1.91. The minimum atomic E-state index is -4.17. The Bertz CT molecular complexity index is 743. The normalized spacial score (nSPS) is 18.3. The van der Waals surface area contributed by atoms with E-state index in [-0.39, 0.29) is 0 Å². The van der Waals surface area contributed by atoms with Gasteiger partial charge in [-0.2, -0.15) is 18.3 Å². The lowest BCUT2D eigenvalue weighted by Gasteiger charge is -2.38. The summed E-state index contributed by atoms with van der Waals surface area (Å²) >= 11 is 0. The van der Waals surface area contributed by atoms with Gasteiger partial charge < -0.3 is 4.90 Å². The van der Waals surface area contributed by atoms with Crippen molar-refractivity contribution in [3.8, 4) is 0 Å². The van der Waals surface area contributed by atoms with E-state index in [9.17, 15) is 13.2 Å². The third-order valence-electron chi connectivity index (χ3n) is 5.16. The summed E-state index contributed by atoms with van der Waals surface area (Å²) in [4.78, 5) is 3.60. The molecule has 7 heteroatoms. The standard InChI is InChI=1S/C18H25F3N4/c1-12(2)14-5-6-16-15(11-14)17(22-23(16)4)25-9-7-24(8-10-25)13(3)18(19,20)21/h5-6,11-13H,7-10H2,1-4H3. The van der Waals surface area contributed by atoms with E-state index in [0.29, 0.717) is 32.1 Å². The van der Waals surface area contributed by atoms with E-state index in [2.05, 4.69) is 42.0 Å². The van der Waals surface area contributed by atoms with Crippen molar-refractivity contribution >= 4 is 16.7 Å². The van der Waals surface area contributed by atoms with Crippen molar-refractivity contribution < 1.29 is 13.2 Å². The quantitative estimate of drug-likeness (QED) is 0.839. The van der Waals surface area contributed by atoms with Gasteiger partial charge in [-0.15, -0.1) is 0 Å². The lowest BCUT2D eigenvalue weighted by Crippen LogP contribution is -2.53. The van der Waals surface area contributed by atoms with Gasteiger partial charge in [-0.1, -0.05) is 19.9 Å². The molecule has 1 aromatic heterocycles. The molecule has 1 fully saturated rings. The minimum absolute atomic E-state index is 0.391. The average Bonchev–Trinajstić information content (AvgIpc) is 2.90. The Labute approximate surface area is 146 Å². The van der Waals surface area contributed by atoms with Crippen LogP contribution in [-0.4, -0.2) is 53.1 Å². The maximum atomic E-state index is 12.9. The van der Waals surface area contributed by atoms with E-state index in [4.69, 9.17) is 0 Å². The molecule has 0 aliphatic carbocycles. The molecule has 2 heterocycles. The fourth-order valence-electron chi connectivity index (χ4n) is 3.39. The predicted octanol–water partition coefficient (Wildman–Crippen LogP) is 3.77. The maximum Gasteiger partial charge on any atom is 0.403 e. The van der Waals surface area contributed by atoms with Crippen LogP contribution in [0, 0.1) is 0 Å². The molecule has 1 aromatic carbocycles. The lowest BCUT2D eigenvalue weighted by molar-refractivity contribution is -0.179. The number of halogens is 3.